The maximum Gasteiger partial charge on any atom is 0.272 e. The van der Waals surface area contributed by atoms with E-state index in [1.165, 1.54) is 23.5 Å². The molecule has 0 aliphatic carbocycles. The Kier molecular flexibility index (Phi) is 6.51. The molecule has 0 spiro atoms. The molecular formula is C22H19ClN2O3S2. The van der Waals surface area contributed by atoms with Crippen LogP contribution in [0.1, 0.15) is 23.0 Å². The Morgan fingerprint density at radius 3 is 2.63 bits per heavy atom. The van der Waals surface area contributed by atoms with Gasteiger partial charge in [0, 0.05) is 22.8 Å². The van der Waals surface area contributed by atoms with Crippen molar-refractivity contribution in [3.8, 4) is 11.4 Å². The molecule has 0 atom stereocenters. The quantitative estimate of drug-likeness (QED) is 0.285. The van der Waals surface area contributed by atoms with Gasteiger partial charge in [0.15, 0.2) is 10.9 Å². The number of ether oxygens (including phenoxy) is 1. The molecule has 0 saturated carbocycles. The maximum absolute atomic E-state index is 13.2. The Morgan fingerprint density at radius 2 is 1.93 bits per heavy atom. The Bertz CT molecular complexity index is 1130. The number of thioether (sulfide) groups is 2. The van der Waals surface area contributed by atoms with Gasteiger partial charge in [0.1, 0.15) is 5.75 Å². The van der Waals surface area contributed by atoms with Gasteiger partial charge in [-0.05, 0) is 55.5 Å². The highest BCUT2D eigenvalue weighted by Gasteiger charge is 2.23. The number of aryl methyl sites for hydroxylation is 1. The summed E-state index contributed by atoms with van der Waals surface area (Å²) in [6.07, 6.45) is 0.762. The number of carbonyl (C=O) groups is 1. The lowest BCUT2D eigenvalue weighted by Gasteiger charge is -2.14. The number of Topliss-reactive ketones (excluding diaryl/α,β-unsaturated/α-hetero) is 1. The smallest absolute Gasteiger partial charge is 0.272 e. The number of ketones is 1. The third kappa shape index (κ3) is 4.43. The normalized spacial score (nSPS) is 12.6. The number of halogens is 1. The van der Waals surface area contributed by atoms with Crippen molar-refractivity contribution in [3.63, 3.8) is 0 Å². The van der Waals surface area contributed by atoms with E-state index in [-0.39, 0.29) is 17.1 Å². The first-order chi connectivity index (χ1) is 14.6. The highest BCUT2D eigenvalue weighted by molar-refractivity contribution is 8.00. The van der Waals surface area contributed by atoms with Crippen molar-refractivity contribution >= 4 is 40.9 Å². The second-order valence-corrected chi connectivity index (χ2v) is 9.04. The molecule has 8 heteroatoms. The van der Waals surface area contributed by atoms with E-state index in [1.54, 1.807) is 28.8 Å². The first kappa shape index (κ1) is 21.0. The van der Waals surface area contributed by atoms with Gasteiger partial charge in [-0.15, -0.1) is 11.8 Å². The van der Waals surface area contributed by atoms with Crippen molar-refractivity contribution in [2.45, 2.75) is 23.4 Å². The minimum absolute atomic E-state index is 0.0426. The van der Waals surface area contributed by atoms with Crippen LogP contribution in [-0.2, 0) is 6.42 Å². The summed E-state index contributed by atoms with van der Waals surface area (Å²) >= 11 is 8.71. The van der Waals surface area contributed by atoms with E-state index in [4.69, 9.17) is 21.3 Å². The summed E-state index contributed by atoms with van der Waals surface area (Å²) < 4.78 is 7.09. The van der Waals surface area contributed by atoms with E-state index in [0.29, 0.717) is 32.9 Å². The van der Waals surface area contributed by atoms with E-state index in [2.05, 4.69) is 0 Å². The average molecular weight is 459 g/mol. The molecule has 0 bridgehead atoms. The molecular weight excluding hydrogens is 440 g/mol. The topological polar surface area (TPSA) is 61.2 Å². The molecule has 0 radical (unpaired) electrons. The number of benzene rings is 2. The van der Waals surface area contributed by atoms with Gasteiger partial charge < -0.3 is 4.74 Å². The van der Waals surface area contributed by atoms with Gasteiger partial charge in [0.2, 0.25) is 0 Å². The summed E-state index contributed by atoms with van der Waals surface area (Å²) in [4.78, 5) is 31.2. The number of nitrogens with zero attached hydrogens (tertiary/aromatic N) is 2. The lowest BCUT2D eigenvalue weighted by Crippen LogP contribution is -2.24. The monoisotopic (exact) mass is 458 g/mol. The minimum Gasteiger partial charge on any atom is -0.494 e. The van der Waals surface area contributed by atoms with Gasteiger partial charge in [-0.25, -0.2) is 4.98 Å². The summed E-state index contributed by atoms with van der Waals surface area (Å²) in [7, 11) is 0. The molecule has 4 rings (SSSR count). The minimum atomic E-state index is -0.0897. The van der Waals surface area contributed by atoms with Gasteiger partial charge in [-0.1, -0.05) is 23.4 Å². The molecule has 30 heavy (non-hydrogen) atoms. The average Bonchev–Trinajstić information content (AvgIpc) is 3.23. The zero-order chi connectivity index (χ0) is 21.1. The van der Waals surface area contributed by atoms with Crippen molar-refractivity contribution in [1.29, 1.82) is 0 Å². The zero-order valence-electron chi connectivity index (χ0n) is 16.3. The van der Waals surface area contributed by atoms with Crippen molar-refractivity contribution in [2.75, 3.05) is 18.1 Å². The van der Waals surface area contributed by atoms with Crippen LogP contribution in [0.4, 0.5) is 0 Å². The van der Waals surface area contributed by atoms with E-state index < -0.39 is 0 Å². The van der Waals surface area contributed by atoms with Crippen molar-refractivity contribution < 1.29 is 9.53 Å². The summed E-state index contributed by atoms with van der Waals surface area (Å²) in [5.41, 5.74) is 2.01. The fourth-order valence-corrected chi connectivity index (χ4v) is 5.20. The third-order valence-electron chi connectivity index (χ3n) is 4.57. The van der Waals surface area contributed by atoms with E-state index in [1.807, 2.05) is 31.2 Å². The fraction of sp³-hybridized carbons (Fsp3) is 0.227. The van der Waals surface area contributed by atoms with Crippen molar-refractivity contribution in [3.05, 3.63) is 75.2 Å². The number of rotatable bonds is 7. The molecule has 1 aliphatic rings. The van der Waals surface area contributed by atoms with Crippen LogP contribution in [0, 0.1) is 0 Å². The van der Waals surface area contributed by atoms with Crippen LogP contribution in [0.3, 0.4) is 0 Å². The Morgan fingerprint density at radius 1 is 1.20 bits per heavy atom. The van der Waals surface area contributed by atoms with Crippen LogP contribution >= 0.6 is 35.1 Å². The molecule has 0 fully saturated rings. The Balaban J connectivity index is 1.66. The number of hydrogen-bond donors (Lipinski definition) is 0. The van der Waals surface area contributed by atoms with Crippen LogP contribution in [0.5, 0.6) is 5.75 Å². The van der Waals surface area contributed by atoms with Crippen LogP contribution in [0.2, 0.25) is 5.02 Å². The highest BCUT2D eigenvalue weighted by Crippen LogP contribution is 2.30. The Labute approximate surface area is 187 Å². The van der Waals surface area contributed by atoms with Gasteiger partial charge in [-0.2, -0.15) is 0 Å². The molecule has 1 aromatic heterocycles. The lowest BCUT2D eigenvalue weighted by atomic mass is 10.1. The molecule has 154 valence electrons. The van der Waals surface area contributed by atoms with Crippen LogP contribution in [-0.4, -0.2) is 33.4 Å². The maximum atomic E-state index is 13.2. The second-order valence-electron chi connectivity index (χ2n) is 6.55. The summed E-state index contributed by atoms with van der Waals surface area (Å²) in [6.45, 7) is 2.50. The molecule has 2 heterocycles. The highest BCUT2D eigenvalue weighted by atomic mass is 35.5. The largest absolute Gasteiger partial charge is 0.494 e. The first-order valence-electron chi connectivity index (χ1n) is 9.50. The Hall–Kier alpha value is -2.22. The van der Waals surface area contributed by atoms with Crippen LogP contribution in [0.25, 0.3) is 5.69 Å². The molecule has 3 aromatic rings. The predicted octanol–water partition coefficient (Wildman–Crippen LogP) is 4.91. The molecule has 0 unspecified atom stereocenters. The van der Waals surface area contributed by atoms with Gasteiger partial charge >= 0.3 is 0 Å². The van der Waals surface area contributed by atoms with Crippen LogP contribution < -0.4 is 10.3 Å². The standard InChI is InChI=1S/C22H19ClN2O3S2/c1-2-28-17-9-7-16(8-10-17)25-21(27)20-18(11-12-29-20)24-22(25)30-13-19(26)14-3-5-15(23)6-4-14/h3-10H,2,11-13H2,1H3. The molecule has 0 amide bonds. The lowest BCUT2D eigenvalue weighted by molar-refractivity contribution is 0.102. The summed E-state index contributed by atoms with van der Waals surface area (Å²) in [6, 6.07) is 14.1. The first-order valence-corrected chi connectivity index (χ1v) is 11.8. The van der Waals surface area contributed by atoms with E-state index in [9.17, 15) is 9.59 Å². The fourth-order valence-electron chi connectivity index (χ4n) is 3.12. The van der Waals surface area contributed by atoms with E-state index >= 15 is 0 Å². The third-order valence-corrected chi connectivity index (χ3v) is 6.87. The zero-order valence-corrected chi connectivity index (χ0v) is 18.6. The van der Waals surface area contributed by atoms with Gasteiger partial charge in [0.05, 0.1) is 28.6 Å². The van der Waals surface area contributed by atoms with Crippen molar-refractivity contribution in [2.24, 2.45) is 0 Å². The van der Waals surface area contributed by atoms with Gasteiger partial charge in [-0.3, -0.25) is 14.2 Å². The number of aromatic nitrogens is 2. The molecule has 5 nitrogen and oxygen atoms in total. The number of fused-ring (bicyclic) bond motifs is 1. The van der Waals surface area contributed by atoms with Crippen LogP contribution in [0.15, 0.2) is 63.4 Å². The molecule has 1 aliphatic heterocycles. The number of carbonyl (C=O) groups excluding carboxylic acids is 1. The van der Waals surface area contributed by atoms with Gasteiger partial charge in [0.25, 0.3) is 5.56 Å². The SMILES string of the molecule is CCOc1ccc(-n2c(SCC(=O)c3ccc(Cl)cc3)nc3c(c2=O)SCC3)cc1. The number of hydrogen-bond acceptors (Lipinski definition) is 6. The molecule has 0 saturated heterocycles. The predicted molar refractivity (Wildman–Crippen MR) is 122 cm³/mol. The van der Waals surface area contributed by atoms with Crippen molar-refractivity contribution in [1.82, 2.24) is 9.55 Å². The van der Waals surface area contributed by atoms with E-state index in [0.717, 1.165) is 23.6 Å². The second kappa shape index (κ2) is 9.29. The molecule has 0 N–H and O–H groups in total. The summed E-state index contributed by atoms with van der Waals surface area (Å²) in [5, 5.41) is 1.11. The summed E-state index contributed by atoms with van der Waals surface area (Å²) in [5.74, 6) is 1.72. The molecule has 2 aromatic carbocycles.